The van der Waals surface area contributed by atoms with E-state index in [1.165, 1.54) is 77.0 Å². The quantitative estimate of drug-likeness (QED) is 0.0234. The first-order valence-electron chi connectivity index (χ1n) is 18.9. The van der Waals surface area contributed by atoms with Crippen LogP contribution in [-0.2, 0) is 32.7 Å². The van der Waals surface area contributed by atoms with Crippen LogP contribution in [0.3, 0.4) is 0 Å². The Bertz CT molecular complexity index is 830. The zero-order valence-electron chi connectivity index (χ0n) is 31.0. The molecule has 2 atom stereocenters. The lowest BCUT2D eigenvalue weighted by Crippen LogP contribution is -2.37. The number of likely N-dealkylation sites (N-methyl/N-ethyl adjacent to an activating group) is 1. The number of quaternary nitrogens is 1. The van der Waals surface area contributed by atoms with E-state index in [2.05, 4.69) is 26.0 Å². The Morgan fingerprint density at radius 3 is 1.62 bits per heavy atom. The fourth-order valence-corrected chi connectivity index (χ4v) is 5.75. The molecular weight excluding hydrogens is 617 g/mol. The molecule has 0 bridgehead atoms. The third-order valence-electron chi connectivity index (χ3n) is 8.05. The van der Waals surface area contributed by atoms with E-state index in [9.17, 15) is 19.0 Å². The normalized spacial score (nSPS) is 13.9. The minimum Gasteiger partial charge on any atom is -0.462 e. The topological polar surface area (TPSA) is 108 Å². The predicted molar refractivity (Wildman–Crippen MR) is 192 cm³/mol. The van der Waals surface area contributed by atoms with Crippen LogP contribution < -0.4 is 0 Å². The van der Waals surface area contributed by atoms with Gasteiger partial charge in [-0.2, -0.15) is 0 Å². The summed E-state index contributed by atoms with van der Waals surface area (Å²) < 4.78 is 34.1. The Balaban J connectivity index is 4.45. The van der Waals surface area contributed by atoms with E-state index in [-0.39, 0.29) is 32.0 Å². The lowest BCUT2D eigenvalue weighted by Gasteiger charge is -2.24. The molecule has 0 fully saturated rings. The van der Waals surface area contributed by atoms with Crippen molar-refractivity contribution in [1.29, 1.82) is 0 Å². The number of carbonyl (C=O) groups is 2. The number of hydrogen-bond acceptors (Lipinski definition) is 7. The number of carbonyl (C=O) groups excluding carboxylic acids is 2. The van der Waals surface area contributed by atoms with Gasteiger partial charge in [-0.3, -0.25) is 18.6 Å². The molecule has 0 aromatic heterocycles. The number of allylic oxidation sites excluding steroid dienone is 2. The average molecular weight is 691 g/mol. The van der Waals surface area contributed by atoms with E-state index in [0.29, 0.717) is 17.4 Å². The molecule has 9 nitrogen and oxygen atoms in total. The summed E-state index contributed by atoms with van der Waals surface area (Å²) in [6, 6.07) is 0. The molecule has 0 aliphatic carbocycles. The van der Waals surface area contributed by atoms with Crippen molar-refractivity contribution in [2.75, 3.05) is 47.5 Å². The van der Waals surface area contributed by atoms with Crippen molar-refractivity contribution in [3.05, 3.63) is 12.2 Å². The molecule has 0 saturated heterocycles. The van der Waals surface area contributed by atoms with Gasteiger partial charge in [0.2, 0.25) is 0 Å². The molecule has 278 valence electrons. The van der Waals surface area contributed by atoms with Gasteiger partial charge in [0.25, 0.3) is 0 Å². The summed E-state index contributed by atoms with van der Waals surface area (Å²) in [7, 11) is 1.48. The summed E-state index contributed by atoms with van der Waals surface area (Å²) >= 11 is 0. The summed E-state index contributed by atoms with van der Waals surface area (Å²) in [6.07, 6.45) is 28.3. The van der Waals surface area contributed by atoms with Gasteiger partial charge in [-0.1, -0.05) is 122 Å². The van der Waals surface area contributed by atoms with Gasteiger partial charge >= 0.3 is 19.8 Å². The van der Waals surface area contributed by atoms with Gasteiger partial charge in [0, 0.05) is 12.8 Å². The van der Waals surface area contributed by atoms with Crippen molar-refractivity contribution in [3.8, 4) is 0 Å². The summed E-state index contributed by atoms with van der Waals surface area (Å²) in [5.74, 6) is -0.807. The van der Waals surface area contributed by atoms with Crippen LogP contribution in [-0.4, -0.2) is 74.9 Å². The fraction of sp³-hybridized carbons (Fsp3) is 0.892. The van der Waals surface area contributed by atoms with Gasteiger partial charge in [0.1, 0.15) is 19.8 Å². The van der Waals surface area contributed by atoms with Gasteiger partial charge < -0.3 is 18.9 Å². The molecule has 0 rings (SSSR count). The van der Waals surface area contributed by atoms with E-state index >= 15 is 0 Å². The highest BCUT2D eigenvalue weighted by atomic mass is 31.2. The van der Waals surface area contributed by atoms with Crippen molar-refractivity contribution in [2.24, 2.45) is 0 Å². The van der Waals surface area contributed by atoms with E-state index < -0.39 is 26.5 Å². The Kier molecular flexibility index (Phi) is 30.0. The molecule has 0 radical (unpaired) electrons. The number of phosphoric acid groups is 1. The highest BCUT2D eigenvalue weighted by molar-refractivity contribution is 7.47. The molecule has 0 amide bonds. The molecule has 0 aromatic rings. The summed E-state index contributed by atoms with van der Waals surface area (Å²) in [6.45, 7) is 4.37. The molecule has 0 spiro atoms. The van der Waals surface area contributed by atoms with Crippen LogP contribution in [0.2, 0.25) is 0 Å². The summed E-state index contributed by atoms with van der Waals surface area (Å²) in [4.78, 5) is 35.1. The average Bonchev–Trinajstić information content (AvgIpc) is 3.01. The maximum absolute atomic E-state index is 12.6. The first-order chi connectivity index (χ1) is 22.5. The first kappa shape index (κ1) is 45.8. The van der Waals surface area contributed by atoms with Crippen LogP contribution >= 0.6 is 7.82 Å². The predicted octanol–water partition coefficient (Wildman–Crippen LogP) is 9.85. The van der Waals surface area contributed by atoms with E-state index in [0.717, 1.165) is 51.4 Å². The zero-order chi connectivity index (χ0) is 35.1. The van der Waals surface area contributed by atoms with Crippen molar-refractivity contribution in [2.45, 2.75) is 168 Å². The van der Waals surface area contributed by atoms with Crippen LogP contribution in [0.15, 0.2) is 12.2 Å². The zero-order valence-corrected chi connectivity index (χ0v) is 31.9. The smallest absolute Gasteiger partial charge is 0.462 e. The minimum absolute atomic E-state index is 0.0331. The number of unbranched alkanes of at least 4 members (excludes halogenated alkanes) is 18. The molecule has 0 heterocycles. The molecule has 0 aromatic carbocycles. The van der Waals surface area contributed by atoms with Gasteiger partial charge in [-0.25, -0.2) is 4.57 Å². The van der Waals surface area contributed by atoms with Crippen molar-refractivity contribution in [1.82, 2.24) is 0 Å². The number of phosphoric ester groups is 1. The molecule has 0 aliphatic heterocycles. The van der Waals surface area contributed by atoms with Crippen LogP contribution in [0.4, 0.5) is 0 Å². The second-order valence-corrected chi connectivity index (χ2v) is 15.4. The maximum atomic E-state index is 12.6. The highest BCUT2D eigenvalue weighted by Gasteiger charge is 2.27. The Morgan fingerprint density at radius 1 is 0.638 bits per heavy atom. The molecule has 10 heteroatoms. The molecule has 47 heavy (non-hydrogen) atoms. The largest absolute Gasteiger partial charge is 0.472 e. The molecule has 0 aliphatic rings. The van der Waals surface area contributed by atoms with Crippen molar-refractivity contribution < 1.29 is 42.1 Å². The van der Waals surface area contributed by atoms with Gasteiger partial charge in [-0.05, 0) is 38.5 Å². The standard InChI is InChI=1S/C37H72NO8P/c1-6-8-10-12-14-16-18-20-21-23-25-27-29-36(39)43-33-35(34-45-47(41,42)44-32-31-38(3,4)5)46-37(40)30-28-26-24-22-19-17-15-13-11-9-7-2/h14,16,35H,6-13,15,17-34H2,1-5H3/p+1/b16-14+/t35-/m1/s1. The first-order valence-corrected chi connectivity index (χ1v) is 20.4. The monoisotopic (exact) mass is 691 g/mol. The Morgan fingerprint density at radius 2 is 1.09 bits per heavy atom. The number of ether oxygens (including phenoxy) is 2. The van der Waals surface area contributed by atoms with Crippen molar-refractivity contribution >= 4 is 19.8 Å². The van der Waals surface area contributed by atoms with Crippen LogP contribution in [0.25, 0.3) is 0 Å². The number of esters is 2. The van der Waals surface area contributed by atoms with Crippen LogP contribution in [0.1, 0.15) is 162 Å². The van der Waals surface area contributed by atoms with E-state index in [1.807, 2.05) is 21.1 Å². The van der Waals surface area contributed by atoms with E-state index in [1.54, 1.807) is 0 Å². The SMILES string of the molecule is CCCCC/C=C/CCCCCCCC(=O)OC[C@H](COP(=O)(O)OCC[N+](C)(C)C)OC(=O)CCCCCCCCCCCCC. The van der Waals surface area contributed by atoms with Crippen molar-refractivity contribution in [3.63, 3.8) is 0 Å². The summed E-state index contributed by atoms with van der Waals surface area (Å²) in [5, 5.41) is 0. The molecular formula is C37H73NO8P+. The molecule has 0 saturated carbocycles. The van der Waals surface area contributed by atoms with Crippen LogP contribution in [0.5, 0.6) is 0 Å². The fourth-order valence-electron chi connectivity index (χ4n) is 5.01. The Labute approximate surface area is 288 Å². The number of rotatable bonds is 34. The maximum Gasteiger partial charge on any atom is 0.472 e. The third-order valence-corrected chi connectivity index (χ3v) is 9.03. The van der Waals surface area contributed by atoms with Gasteiger partial charge in [0.05, 0.1) is 27.7 Å². The molecule has 1 N–H and O–H groups in total. The van der Waals surface area contributed by atoms with Crippen LogP contribution in [0, 0.1) is 0 Å². The molecule has 1 unspecified atom stereocenters. The minimum atomic E-state index is -4.36. The lowest BCUT2D eigenvalue weighted by molar-refractivity contribution is -0.870. The Hall–Kier alpha value is -1.25. The van der Waals surface area contributed by atoms with E-state index in [4.69, 9.17) is 18.5 Å². The van der Waals surface area contributed by atoms with Gasteiger partial charge in [-0.15, -0.1) is 0 Å². The van der Waals surface area contributed by atoms with Gasteiger partial charge in [0.15, 0.2) is 6.10 Å². The lowest BCUT2D eigenvalue weighted by atomic mass is 10.1. The summed E-state index contributed by atoms with van der Waals surface area (Å²) in [5.41, 5.74) is 0. The number of nitrogens with zero attached hydrogens (tertiary/aromatic N) is 1. The third kappa shape index (κ3) is 34.4. The second-order valence-electron chi connectivity index (χ2n) is 14.0. The highest BCUT2D eigenvalue weighted by Crippen LogP contribution is 2.43. The number of hydrogen-bond donors (Lipinski definition) is 1. The second kappa shape index (κ2) is 30.8.